The van der Waals surface area contributed by atoms with Gasteiger partial charge in [0.1, 0.15) is 0 Å². The first-order valence-corrected chi connectivity index (χ1v) is 7.95. The summed E-state index contributed by atoms with van der Waals surface area (Å²) in [6.45, 7) is 0. The number of carbonyl (C=O) groups excluding carboxylic acids is 1. The number of rotatable bonds is 0. The van der Waals surface area contributed by atoms with E-state index >= 15 is 0 Å². The molecule has 2 heteroatoms. The zero-order valence-corrected chi connectivity index (χ0v) is 11.8. The van der Waals surface area contributed by atoms with Crippen LogP contribution in [0.5, 0.6) is 0 Å². The lowest BCUT2D eigenvalue weighted by Gasteiger charge is -2.37. The van der Waals surface area contributed by atoms with E-state index in [-0.39, 0.29) is 5.91 Å². The minimum atomic E-state index is 0.121. The lowest BCUT2D eigenvalue weighted by Crippen LogP contribution is -2.25. The van der Waals surface area contributed by atoms with Gasteiger partial charge in [0.15, 0.2) is 0 Å². The summed E-state index contributed by atoms with van der Waals surface area (Å²) in [5.74, 6) is 1.88. The summed E-state index contributed by atoms with van der Waals surface area (Å²) in [6, 6.07) is 8.12. The number of anilines is 1. The molecule has 4 rings (SSSR count). The van der Waals surface area contributed by atoms with Crippen LogP contribution in [0.25, 0.3) is 5.57 Å². The Bertz CT molecular complexity index is 587. The number of nitrogens with one attached hydrogen (secondary N) is 1. The molecule has 1 N–H and O–H groups in total. The van der Waals surface area contributed by atoms with Gasteiger partial charge in [0.05, 0.1) is 0 Å². The number of hydrogen-bond donors (Lipinski definition) is 1. The first kappa shape index (κ1) is 12.2. The van der Waals surface area contributed by atoms with E-state index in [0.29, 0.717) is 0 Å². The lowest BCUT2D eigenvalue weighted by atomic mass is 9.68. The Balaban J connectivity index is 1.70. The summed E-state index contributed by atoms with van der Waals surface area (Å²) in [4.78, 5) is 12.3. The van der Waals surface area contributed by atoms with E-state index in [1.165, 1.54) is 37.7 Å². The molecule has 1 amide bonds. The zero-order chi connectivity index (χ0) is 13.5. The van der Waals surface area contributed by atoms with Gasteiger partial charge in [-0.15, -0.1) is 0 Å². The second-order valence-corrected chi connectivity index (χ2v) is 6.53. The molecule has 2 atom stereocenters. The summed E-state index contributed by atoms with van der Waals surface area (Å²) in [5, 5.41) is 3.02. The summed E-state index contributed by atoms with van der Waals surface area (Å²) in [6.07, 6.45) is 9.14. The van der Waals surface area contributed by atoms with Gasteiger partial charge in [-0.2, -0.15) is 0 Å². The van der Waals surface area contributed by atoms with Crippen LogP contribution in [0.2, 0.25) is 0 Å². The van der Waals surface area contributed by atoms with Crippen LogP contribution in [0, 0.1) is 11.8 Å². The Hall–Kier alpha value is -1.57. The van der Waals surface area contributed by atoms with Crippen molar-refractivity contribution in [1.29, 1.82) is 0 Å². The van der Waals surface area contributed by atoms with E-state index < -0.39 is 0 Å². The second-order valence-electron chi connectivity index (χ2n) is 6.53. The molecule has 2 aliphatic carbocycles. The smallest absolute Gasteiger partial charge is 0.256 e. The number of benzene rings is 1. The van der Waals surface area contributed by atoms with Gasteiger partial charge in [0, 0.05) is 16.8 Å². The van der Waals surface area contributed by atoms with Crippen LogP contribution in [0.1, 0.15) is 50.5 Å². The molecule has 2 fully saturated rings. The van der Waals surface area contributed by atoms with Crippen molar-refractivity contribution in [2.75, 3.05) is 5.32 Å². The third-order valence-electron chi connectivity index (χ3n) is 5.42. The Morgan fingerprint density at radius 3 is 2.70 bits per heavy atom. The van der Waals surface area contributed by atoms with E-state index in [1.54, 1.807) is 0 Å². The number of hydrogen-bond acceptors (Lipinski definition) is 1. The summed E-state index contributed by atoms with van der Waals surface area (Å²) in [7, 11) is 0. The van der Waals surface area contributed by atoms with Crippen molar-refractivity contribution < 1.29 is 4.79 Å². The van der Waals surface area contributed by atoms with Crippen molar-refractivity contribution in [3.8, 4) is 0 Å². The predicted molar refractivity (Wildman–Crippen MR) is 81.3 cm³/mol. The minimum absolute atomic E-state index is 0.121. The zero-order valence-electron chi connectivity index (χ0n) is 11.8. The monoisotopic (exact) mass is 267 g/mol. The van der Waals surface area contributed by atoms with Crippen molar-refractivity contribution in [3.05, 3.63) is 35.4 Å². The van der Waals surface area contributed by atoms with Crippen molar-refractivity contribution in [1.82, 2.24) is 0 Å². The SMILES string of the molecule is O=C1Nc2ccccc2/C1=C1/CCC2CCCCC2C1. The van der Waals surface area contributed by atoms with E-state index in [4.69, 9.17) is 0 Å². The van der Waals surface area contributed by atoms with Crippen LogP contribution in [0.3, 0.4) is 0 Å². The normalized spacial score (nSPS) is 32.5. The highest BCUT2D eigenvalue weighted by Crippen LogP contribution is 2.46. The van der Waals surface area contributed by atoms with Crippen LogP contribution in [-0.2, 0) is 4.79 Å². The van der Waals surface area contributed by atoms with Crippen LogP contribution in [0.4, 0.5) is 5.69 Å². The molecule has 1 aromatic rings. The Morgan fingerprint density at radius 2 is 1.80 bits per heavy atom. The molecule has 0 bridgehead atoms. The van der Waals surface area contributed by atoms with Crippen molar-refractivity contribution >= 4 is 17.2 Å². The molecule has 2 unspecified atom stereocenters. The number of fused-ring (bicyclic) bond motifs is 2. The first-order chi connectivity index (χ1) is 9.83. The van der Waals surface area contributed by atoms with Gasteiger partial charge in [-0.1, -0.05) is 43.0 Å². The summed E-state index contributed by atoms with van der Waals surface area (Å²) >= 11 is 0. The molecule has 3 aliphatic rings. The summed E-state index contributed by atoms with van der Waals surface area (Å²) < 4.78 is 0. The molecule has 2 saturated carbocycles. The predicted octanol–water partition coefficient (Wildman–Crippen LogP) is 4.38. The van der Waals surface area contributed by atoms with Crippen LogP contribution < -0.4 is 5.32 Å². The molecular weight excluding hydrogens is 246 g/mol. The molecule has 0 aromatic heterocycles. The maximum atomic E-state index is 12.3. The molecule has 104 valence electrons. The largest absolute Gasteiger partial charge is 0.321 e. The molecule has 1 heterocycles. The van der Waals surface area contributed by atoms with Gasteiger partial charge in [-0.05, 0) is 43.6 Å². The van der Waals surface area contributed by atoms with E-state index in [9.17, 15) is 4.79 Å². The van der Waals surface area contributed by atoms with Crippen molar-refractivity contribution in [3.63, 3.8) is 0 Å². The average molecular weight is 267 g/mol. The molecule has 1 aliphatic heterocycles. The van der Waals surface area contributed by atoms with Gasteiger partial charge in [-0.3, -0.25) is 4.79 Å². The average Bonchev–Trinajstić information content (AvgIpc) is 2.82. The van der Waals surface area contributed by atoms with E-state index in [2.05, 4.69) is 11.4 Å². The third-order valence-corrected chi connectivity index (χ3v) is 5.42. The third kappa shape index (κ3) is 1.90. The highest BCUT2D eigenvalue weighted by atomic mass is 16.2. The highest BCUT2D eigenvalue weighted by molar-refractivity contribution is 6.32. The Morgan fingerprint density at radius 1 is 1.00 bits per heavy atom. The first-order valence-electron chi connectivity index (χ1n) is 7.95. The number of carbonyl (C=O) groups is 1. The molecule has 0 saturated heterocycles. The van der Waals surface area contributed by atoms with Crippen LogP contribution in [-0.4, -0.2) is 5.91 Å². The standard InChI is InChI=1S/C18H21NO/c20-18-17(15-7-3-4-8-16(15)19-18)14-10-9-12-5-1-2-6-13(12)11-14/h3-4,7-8,12-13H,1-2,5-6,9-11H2,(H,19,20)/b17-14+. The fraction of sp³-hybridized carbons (Fsp3) is 0.500. The molecule has 0 radical (unpaired) electrons. The fourth-order valence-electron chi connectivity index (χ4n) is 4.41. The molecular formula is C18H21NO. The minimum Gasteiger partial charge on any atom is -0.321 e. The maximum absolute atomic E-state index is 12.3. The van der Waals surface area contributed by atoms with Crippen LogP contribution in [0.15, 0.2) is 29.8 Å². The molecule has 1 aromatic carbocycles. The van der Waals surface area contributed by atoms with Gasteiger partial charge < -0.3 is 5.32 Å². The Kier molecular flexibility index (Phi) is 2.90. The van der Waals surface area contributed by atoms with Crippen molar-refractivity contribution in [2.45, 2.75) is 44.9 Å². The molecule has 2 nitrogen and oxygen atoms in total. The van der Waals surface area contributed by atoms with Gasteiger partial charge in [0.25, 0.3) is 5.91 Å². The molecule has 0 spiro atoms. The number of para-hydroxylation sites is 1. The topological polar surface area (TPSA) is 29.1 Å². The molecule has 20 heavy (non-hydrogen) atoms. The van der Waals surface area contributed by atoms with Crippen molar-refractivity contribution in [2.24, 2.45) is 11.8 Å². The van der Waals surface area contributed by atoms with Crippen LogP contribution >= 0.6 is 0 Å². The fourth-order valence-corrected chi connectivity index (χ4v) is 4.41. The lowest BCUT2D eigenvalue weighted by molar-refractivity contribution is -0.110. The van der Waals surface area contributed by atoms with Gasteiger partial charge in [-0.25, -0.2) is 0 Å². The second kappa shape index (κ2) is 4.76. The quantitative estimate of drug-likeness (QED) is 0.694. The van der Waals surface area contributed by atoms with Gasteiger partial charge >= 0.3 is 0 Å². The maximum Gasteiger partial charge on any atom is 0.256 e. The number of allylic oxidation sites excluding steroid dienone is 1. The van der Waals surface area contributed by atoms with E-state index in [0.717, 1.165) is 41.5 Å². The number of amides is 1. The summed E-state index contributed by atoms with van der Waals surface area (Å²) in [5.41, 5.74) is 4.52. The van der Waals surface area contributed by atoms with Gasteiger partial charge in [0.2, 0.25) is 0 Å². The van der Waals surface area contributed by atoms with E-state index in [1.807, 2.05) is 18.2 Å². The highest BCUT2D eigenvalue weighted by Gasteiger charge is 2.34. The Labute approximate surface area is 120 Å².